The minimum Gasteiger partial charge on any atom is -0.353 e. The SMILES string of the molecule is O=C1CCPCN1. The van der Waals surface area contributed by atoms with E-state index in [1.807, 2.05) is 0 Å². The monoisotopic (exact) mass is 117 g/mol. The first-order chi connectivity index (χ1) is 3.39. The molecule has 3 heteroatoms. The number of hydrogen-bond acceptors (Lipinski definition) is 1. The van der Waals surface area contributed by atoms with Crippen molar-refractivity contribution in [3.05, 3.63) is 0 Å². The normalized spacial score (nSPS) is 24.9. The highest BCUT2D eigenvalue weighted by atomic mass is 31.1. The smallest absolute Gasteiger partial charge is 0.220 e. The van der Waals surface area contributed by atoms with E-state index in [0.717, 1.165) is 27.4 Å². The number of carbonyl (C=O) groups excluding carboxylic acids is 1. The summed E-state index contributed by atoms with van der Waals surface area (Å²) in [5, 5.41) is 2.76. The summed E-state index contributed by atoms with van der Waals surface area (Å²) in [6.07, 6.45) is 2.77. The maximum absolute atomic E-state index is 10.4. The Bertz CT molecular complexity index is 75.8. The molecule has 0 aromatic rings. The molecule has 0 saturated carbocycles. The van der Waals surface area contributed by atoms with Crippen LogP contribution in [0, 0.1) is 0 Å². The highest BCUT2D eigenvalue weighted by molar-refractivity contribution is 7.38. The van der Waals surface area contributed by atoms with Crippen molar-refractivity contribution in [3.8, 4) is 0 Å². The molecular formula is C4H8NOP. The molecule has 0 radical (unpaired) electrons. The van der Waals surface area contributed by atoms with Crippen molar-refractivity contribution >= 4 is 14.5 Å². The maximum atomic E-state index is 10.4. The molecule has 0 aliphatic carbocycles. The van der Waals surface area contributed by atoms with Crippen molar-refractivity contribution in [1.82, 2.24) is 5.32 Å². The summed E-state index contributed by atoms with van der Waals surface area (Å²) >= 11 is 0. The van der Waals surface area contributed by atoms with Crippen LogP contribution in [0.1, 0.15) is 6.42 Å². The largest absolute Gasteiger partial charge is 0.353 e. The van der Waals surface area contributed by atoms with Crippen molar-refractivity contribution in [1.29, 1.82) is 0 Å². The highest BCUT2D eigenvalue weighted by Crippen LogP contribution is 2.12. The van der Waals surface area contributed by atoms with Crippen molar-refractivity contribution in [3.63, 3.8) is 0 Å². The number of hydrogen-bond donors (Lipinski definition) is 1. The van der Waals surface area contributed by atoms with Gasteiger partial charge < -0.3 is 5.32 Å². The third-order valence-corrected chi connectivity index (χ3v) is 1.97. The standard InChI is InChI=1S/C4H8NOP/c6-4-1-2-7-3-5-4/h7H,1-3H2,(H,5,6). The van der Waals surface area contributed by atoms with E-state index in [1.54, 1.807) is 0 Å². The zero-order valence-corrected chi connectivity index (χ0v) is 5.03. The van der Waals surface area contributed by atoms with E-state index < -0.39 is 0 Å². The first kappa shape index (κ1) is 5.04. The molecule has 7 heavy (non-hydrogen) atoms. The minimum atomic E-state index is 0.221. The van der Waals surface area contributed by atoms with Crippen LogP contribution in [0.4, 0.5) is 0 Å². The third-order valence-electron chi connectivity index (χ3n) is 0.939. The summed E-state index contributed by atoms with van der Waals surface area (Å²) in [7, 11) is 0.956. The topological polar surface area (TPSA) is 29.1 Å². The molecule has 40 valence electrons. The zero-order chi connectivity index (χ0) is 5.11. The summed E-state index contributed by atoms with van der Waals surface area (Å²) < 4.78 is 0. The summed E-state index contributed by atoms with van der Waals surface area (Å²) in [6, 6.07) is 0. The molecule has 1 heterocycles. The lowest BCUT2D eigenvalue weighted by Crippen LogP contribution is -2.26. The molecule has 0 aromatic carbocycles. The van der Waals surface area contributed by atoms with Gasteiger partial charge in [-0.2, -0.15) is 0 Å². The predicted molar refractivity (Wildman–Crippen MR) is 30.8 cm³/mol. The van der Waals surface area contributed by atoms with E-state index in [-0.39, 0.29) is 5.91 Å². The number of rotatable bonds is 0. The molecule has 1 rings (SSSR count). The van der Waals surface area contributed by atoms with Gasteiger partial charge >= 0.3 is 0 Å². The predicted octanol–water partition coefficient (Wildman–Crippen LogP) is 0.142. The van der Waals surface area contributed by atoms with Crippen LogP contribution in [-0.4, -0.2) is 18.4 Å². The van der Waals surface area contributed by atoms with Gasteiger partial charge in [0.05, 0.1) is 0 Å². The lowest BCUT2D eigenvalue weighted by Gasteiger charge is -2.09. The van der Waals surface area contributed by atoms with E-state index in [0.29, 0.717) is 0 Å². The van der Waals surface area contributed by atoms with Crippen LogP contribution in [0.15, 0.2) is 0 Å². The Balaban J connectivity index is 2.25. The molecule has 1 amide bonds. The van der Waals surface area contributed by atoms with Gasteiger partial charge in [0.25, 0.3) is 0 Å². The van der Waals surface area contributed by atoms with E-state index in [2.05, 4.69) is 5.32 Å². The minimum absolute atomic E-state index is 0.221. The van der Waals surface area contributed by atoms with Gasteiger partial charge in [-0.1, -0.05) is 0 Å². The van der Waals surface area contributed by atoms with E-state index >= 15 is 0 Å². The molecule has 1 unspecified atom stereocenters. The molecule has 2 nitrogen and oxygen atoms in total. The van der Waals surface area contributed by atoms with Gasteiger partial charge in [-0.25, -0.2) is 0 Å². The number of amides is 1. The van der Waals surface area contributed by atoms with Gasteiger partial charge in [-0.05, 0) is 6.16 Å². The molecule has 0 aromatic heterocycles. The Morgan fingerprint density at radius 3 is 2.86 bits per heavy atom. The Labute approximate surface area is 44.5 Å². The Morgan fingerprint density at radius 1 is 1.71 bits per heavy atom. The molecule has 1 atom stereocenters. The molecule has 0 spiro atoms. The second-order valence-corrected chi connectivity index (χ2v) is 2.88. The van der Waals surface area contributed by atoms with Crippen LogP contribution in [0.5, 0.6) is 0 Å². The molecule has 1 saturated heterocycles. The van der Waals surface area contributed by atoms with E-state index in [1.165, 1.54) is 0 Å². The van der Waals surface area contributed by atoms with E-state index in [4.69, 9.17) is 0 Å². The van der Waals surface area contributed by atoms with Crippen molar-refractivity contribution in [2.24, 2.45) is 0 Å². The fourth-order valence-corrected chi connectivity index (χ4v) is 1.44. The molecule has 1 N–H and O–H groups in total. The second kappa shape index (κ2) is 2.27. The summed E-state index contributed by atoms with van der Waals surface area (Å²) in [5.74, 6) is 0.221. The first-order valence-corrected chi connectivity index (χ1v) is 3.78. The van der Waals surface area contributed by atoms with Crippen LogP contribution in [0.3, 0.4) is 0 Å². The Morgan fingerprint density at radius 2 is 2.57 bits per heavy atom. The van der Waals surface area contributed by atoms with Crippen LogP contribution in [-0.2, 0) is 4.79 Å². The molecule has 1 aliphatic heterocycles. The third kappa shape index (κ3) is 1.44. The Hall–Kier alpha value is -0.100. The average molecular weight is 117 g/mol. The second-order valence-electron chi connectivity index (χ2n) is 1.53. The van der Waals surface area contributed by atoms with Crippen LogP contribution < -0.4 is 5.32 Å². The summed E-state index contributed by atoms with van der Waals surface area (Å²) in [5.41, 5.74) is 0. The van der Waals surface area contributed by atoms with Crippen LogP contribution in [0.2, 0.25) is 0 Å². The van der Waals surface area contributed by atoms with Gasteiger partial charge in [-0.3, -0.25) is 4.79 Å². The van der Waals surface area contributed by atoms with Gasteiger partial charge in [0, 0.05) is 12.7 Å². The van der Waals surface area contributed by atoms with Gasteiger partial charge in [0.15, 0.2) is 0 Å². The van der Waals surface area contributed by atoms with Crippen LogP contribution in [0.25, 0.3) is 0 Å². The van der Waals surface area contributed by atoms with Gasteiger partial charge in [-0.15, -0.1) is 8.58 Å². The highest BCUT2D eigenvalue weighted by Gasteiger charge is 2.03. The van der Waals surface area contributed by atoms with Crippen LogP contribution >= 0.6 is 8.58 Å². The van der Waals surface area contributed by atoms with E-state index in [9.17, 15) is 4.79 Å². The van der Waals surface area contributed by atoms with Crippen molar-refractivity contribution in [2.75, 3.05) is 12.4 Å². The lowest BCUT2D eigenvalue weighted by atomic mass is 10.4. The number of nitrogens with one attached hydrogen (secondary N) is 1. The Kier molecular flexibility index (Phi) is 1.64. The maximum Gasteiger partial charge on any atom is 0.220 e. The molecule has 0 bridgehead atoms. The van der Waals surface area contributed by atoms with Gasteiger partial charge in [0.2, 0.25) is 5.91 Å². The molecule has 1 fully saturated rings. The number of carbonyl (C=O) groups is 1. The quantitative estimate of drug-likeness (QED) is 0.449. The fourth-order valence-electron chi connectivity index (χ4n) is 0.540. The van der Waals surface area contributed by atoms with Crippen molar-refractivity contribution < 1.29 is 4.79 Å². The fraction of sp³-hybridized carbons (Fsp3) is 0.750. The zero-order valence-electron chi connectivity index (χ0n) is 4.03. The van der Waals surface area contributed by atoms with Crippen molar-refractivity contribution in [2.45, 2.75) is 6.42 Å². The first-order valence-electron chi connectivity index (χ1n) is 2.37. The summed E-state index contributed by atoms with van der Waals surface area (Å²) in [4.78, 5) is 10.4. The molecule has 1 aliphatic rings. The lowest BCUT2D eigenvalue weighted by molar-refractivity contribution is -0.120. The average Bonchev–Trinajstić information content (AvgIpc) is 1.69. The van der Waals surface area contributed by atoms with Gasteiger partial charge in [0.1, 0.15) is 0 Å². The summed E-state index contributed by atoms with van der Waals surface area (Å²) in [6.45, 7) is 0. The molecular weight excluding hydrogens is 109 g/mol.